The Bertz CT molecular complexity index is 1020. The SMILES string of the molecule is CCOC(=O)c1c(-c2ccccc2)csc1NC(=S)NC(=O)CCc1ccccc1. The first-order valence-electron chi connectivity index (χ1n) is 9.57. The van der Waals surface area contributed by atoms with Crippen molar-refractivity contribution in [2.24, 2.45) is 0 Å². The van der Waals surface area contributed by atoms with Crippen molar-refractivity contribution in [3.8, 4) is 11.1 Å². The van der Waals surface area contributed by atoms with Crippen LogP contribution in [0.1, 0.15) is 29.3 Å². The summed E-state index contributed by atoms with van der Waals surface area (Å²) in [7, 11) is 0. The van der Waals surface area contributed by atoms with Gasteiger partial charge in [-0.15, -0.1) is 11.3 Å². The second-order valence-corrected chi connectivity index (χ2v) is 7.72. The molecule has 1 amide bonds. The first kappa shape index (κ1) is 21.7. The summed E-state index contributed by atoms with van der Waals surface area (Å²) in [4.78, 5) is 24.8. The summed E-state index contributed by atoms with van der Waals surface area (Å²) < 4.78 is 5.24. The lowest BCUT2D eigenvalue weighted by molar-refractivity contribution is -0.119. The summed E-state index contributed by atoms with van der Waals surface area (Å²) in [6, 6.07) is 19.4. The largest absolute Gasteiger partial charge is 0.462 e. The lowest BCUT2D eigenvalue weighted by Gasteiger charge is -2.11. The van der Waals surface area contributed by atoms with Crippen molar-refractivity contribution in [2.45, 2.75) is 19.8 Å². The van der Waals surface area contributed by atoms with Crippen LogP contribution >= 0.6 is 23.6 Å². The number of amides is 1. The molecule has 7 heteroatoms. The molecule has 0 unspecified atom stereocenters. The van der Waals surface area contributed by atoms with E-state index in [2.05, 4.69) is 10.6 Å². The van der Waals surface area contributed by atoms with Crippen molar-refractivity contribution in [3.05, 3.63) is 77.2 Å². The zero-order valence-corrected chi connectivity index (χ0v) is 18.1. The third kappa shape index (κ3) is 5.75. The van der Waals surface area contributed by atoms with Gasteiger partial charge in [0.05, 0.1) is 6.61 Å². The van der Waals surface area contributed by atoms with E-state index in [1.807, 2.05) is 66.0 Å². The molecule has 2 N–H and O–H groups in total. The number of rotatable bonds is 7. The van der Waals surface area contributed by atoms with Gasteiger partial charge < -0.3 is 15.4 Å². The van der Waals surface area contributed by atoms with Crippen LogP contribution in [0, 0.1) is 0 Å². The van der Waals surface area contributed by atoms with Crippen LogP contribution in [-0.2, 0) is 16.0 Å². The van der Waals surface area contributed by atoms with Crippen LogP contribution < -0.4 is 10.6 Å². The molecule has 0 saturated heterocycles. The number of anilines is 1. The molecule has 1 aromatic heterocycles. The van der Waals surface area contributed by atoms with E-state index < -0.39 is 5.97 Å². The van der Waals surface area contributed by atoms with Gasteiger partial charge in [0, 0.05) is 17.4 Å². The fourth-order valence-corrected chi connectivity index (χ4v) is 4.15. The number of ether oxygens (including phenoxy) is 1. The molecule has 0 aliphatic rings. The molecule has 0 radical (unpaired) electrons. The third-order valence-corrected chi connectivity index (χ3v) is 5.42. The molecule has 1 heterocycles. The molecular weight excluding hydrogens is 416 g/mol. The molecule has 0 aliphatic heterocycles. The minimum absolute atomic E-state index is 0.153. The first-order chi connectivity index (χ1) is 14.6. The van der Waals surface area contributed by atoms with Gasteiger partial charge in [0.1, 0.15) is 10.6 Å². The van der Waals surface area contributed by atoms with E-state index in [-0.39, 0.29) is 17.6 Å². The molecule has 0 saturated carbocycles. The highest BCUT2D eigenvalue weighted by molar-refractivity contribution is 7.80. The third-order valence-electron chi connectivity index (χ3n) is 4.32. The topological polar surface area (TPSA) is 67.4 Å². The lowest BCUT2D eigenvalue weighted by atomic mass is 10.0. The Morgan fingerprint density at radius 1 is 1.03 bits per heavy atom. The van der Waals surface area contributed by atoms with E-state index in [1.165, 1.54) is 11.3 Å². The molecule has 0 bridgehead atoms. The Hall–Kier alpha value is -3.03. The number of esters is 1. The molecule has 5 nitrogen and oxygen atoms in total. The molecule has 0 fully saturated rings. The van der Waals surface area contributed by atoms with E-state index in [4.69, 9.17) is 17.0 Å². The second-order valence-electron chi connectivity index (χ2n) is 6.43. The van der Waals surface area contributed by atoms with Gasteiger partial charge in [-0.2, -0.15) is 0 Å². The van der Waals surface area contributed by atoms with Gasteiger partial charge in [-0.1, -0.05) is 60.7 Å². The second kappa shape index (κ2) is 10.7. The predicted molar refractivity (Wildman–Crippen MR) is 125 cm³/mol. The molecule has 3 aromatic rings. The monoisotopic (exact) mass is 438 g/mol. The van der Waals surface area contributed by atoms with Crippen molar-refractivity contribution < 1.29 is 14.3 Å². The normalized spacial score (nSPS) is 10.3. The summed E-state index contributed by atoms with van der Waals surface area (Å²) in [6.45, 7) is 2.03. The van der Waals surface area contributed by atoms with Crippen LogP contribution in [0.25, 0.3) is 11.1 Å². The van der Waals surface area contributed by atoms with E-state index in [0.29, 0.717) is 23.4 Å². The van der Waals surface area contributed by atoms with Crippen molar-refractivity contribution in [2.75, 3.05) is 11.9 Å². The maximum atomic E-state index is 12.6. The minimum Gasteiger partial charge on any atom is -0.462 e. The predicted octanol–water partition coefficient (Wildman–Crippen LogP) is 5.04. The van der Waals surface area contributed by atoms with Gasteiger partial charge in [0.2, 0.25) is 5.91 Å². The Morgan fingerprint density at radius 3 is 2.37 bits per heavy atom. The zero-order valence-electron chi connectivity index (χ0n) is 16.5. The number of carbonyl (C=O) groups is 2. The van der Waals surface area contributed by atoms with Crippen LogP contribution in [0.3, 0.4) is 0 Å². The fraction of sp³-hybridized carbons (Fsp3) is 0.174. The Kier molecular flexibility index (Phi) is 7.70. The summed E-state index contributed by atoms with van der Waals surface area (Å²) in [6.07, 6.45) is 0.941. The lowest BCUT2D eigenvalue weighted by Crippen LogP contribution is -2.34. The van der Waals surface area contributed by atoms with Gasteiger partial charge >= 0.3 is 5.97 Å². The Labute approximate surface area is 185 Å². The Morgan fingerprint density at radius 2 is 1.70 bits per heavy atom. The number of carbonyl (C=O) groups excluding carboxylic acids is 2. The number of thiophene rings is 1. The number of hydrogen-bond acceptors (Lipinski definition) is 5. The van der Waals surface area contributed by atoms with Gasteiger partial charge in [0.25, 0.3) is 0 Å². The van der Waals surface area contributed by atoms with Crippen LogP contribution in [0.4, 0.5) is 5.00 Å². The maximum absolute atomic E-state index is 12.6. The van der Waals surface area contributed by atoms with E-state index >= 15 is 0 Å². The van der Waals surface area contributed by atoms with Crippen LogP contribution in [-0.4, -0.2) is 23.6 Å². The van der Waals surface area contributed by atoms with Gasteiger partial charge in [-0.3, -0.25) is 4.79 Å². The highest BCUT2D eigenvalue weighted by atomic mass is 32.1. The van der Waals surface area contributed by atoms with Crippen molar-refractivity contribution in [1.82, 2.24) is 5.32 Å². The maximum Gasteiger partial charge on any atom is 0.341 e. The van der Waals surface area contributed by atoms with Crippen molar-refractivity contribution >= 4 is 45.5 Å². The number of nitrogens with one attached hydrogen (secondary N) is 2. The Balaban J connectivity index is 1.69. The van der Waals surface area contributed by atoms with Gasteiger partial charge in [0.15, 0.2) is 5.11 Å². The summed E-state index contributed by atoms with van der Waals surface area (Å²) in [5.74, 6) is -0.618. The quantitative estimate of drug-likeness (QED) is 0.400. The molecular formula is C23H22N2O3S2. The minimum atomic E-state index is -0.432. The van der Waals surface area contributed by atoms with Crippen molar-refractivity contribution in [3.63, 3.8) is 0 Å². The number of aryl methyl sites for hydroxylation is 1. The van der Waals surface area contributed by atoms with Crippen LogP contribution in [0.2, 0.25) is 0 Å². The number of thiocarbonyl (C=S) groups is 1. The molecule has 0 spiro atoms. The highest BCUT2D eigenvalue weighted by Crippen LogP contribution is 2.36. The molecule has 0 atom stereocenters. The zero-order chi connectivity index (χ0) is 21.3. The fourth-order valence-electron chi connectivity index (χ4n) is 2.91. The molecule has 3 rings (SSSR count). The van der Waals surface area contributed by atoms with E-state index in [9.17, 15) is 9.59 Å². The number of hydrogen-bond donors (Lipinski definition) is 2. The van der Waals surface area contributed by atoms with Crippen molar-refractivity contribution in [1.29, 1.82) is 0 Å². The smallest absolute Gasteiger partial charge is 0.341 e. The summed E-state index contributed by atoms with van der Waals surface area (Å²) >= 11 is 6.63. The standard InChI is InChI=1S/C23H22N2O3S2/c1-2-28-22(27)20-18(17-11-7-4-8-12-17)15-30-21(20)25-23(29)24-19(26)14-13-16-9-5-3-6-10-16/h3-12,15H,2,13-14H2,1H3,(H2,24,25,26,29). The number of benzene rings is 2. The molecule has 0 aliphatic carbocycles. The van der Waals surface area contributed by atoms with Crippen LogP contribution in [0.15, 0.2) is 66.0 Å². The highest BCUT2D eigenvalue weighted by Gasteiger charge is 2.22. The molecule has 2 aromatic carbocycles. The first-order valence-corrected chi connectivity index (χ1v) is 10.9. The van der Waals surface area contributed by atoms with E-state index in [0.717, 1.165) is 16.7 Å². The average Bonchev–Trinajstić information content (AvgIpc) is 3.17. The average molecular weight is 439 g/mol. The van der Waals surface area contributed by atoms with Gasteiger partial charge in [-0.05, 0) is 36.7 Å². The summed E-state index contributed by atoms with van der Waals surface area (Å²) in [5.41, 5.74) is 3.17. The van der Waals surface area contributed by atoms with E-state index in [1.54, 1.807) is 6.92 Å². The molecule has 30 heavy (non-hydrogen) atoms. The summed E-state index contributed by atoms with van der Waals surface area (Å²) in [5, 5.41) is 8.24. The van der Waals surface area contributed by atoms with Crippen LogP contribution in [0.5, 0.6) is 0 Å². The van der Waals surface area contributed by atoms with Gasteiger partial charge in [-0.25, -0.2) is 4.79 Å². The molecule has 154 valence electrons.